The van der Waals surface area contributed by atoms with Gasteiger partial charge in [0.2, 0.25) is 5.91 Å². The Balaban J connectivity index is 2.61. The lowest BCUT2D eigenvalue weighted by Gasteiger charge is -2.15. The molecular formula is C10H14N4O3. The molecule has 1 atom stereocenters. The second-order valence-corrected chi connectivity index (χ2v) is 3.42. The van der Waals surface area contributed by atoms with Gasteiger partial charge in [0.1, 0.15) is 6.04 Å². The highest BCUT2D eigenvalue weighted by Gasteiger charge is 2.19. The van der Waals surface area contributed by atoms with Gasteiger partial charge >= 0.3 is 5.97 Å². The molecule has 7 nitrogen and oxygen atoms in total. The largest absolute Gasteiger partial charge is 0.480 e. The lowest BCUT2D eigenvalue weighted by molar-refractivity contribution is -0.141. The second kappa shape index (κ2) is 5.71. The predicted molar refractivity (Wildman–Crippen MR) is 62.8 cm³/mol. The van der Waals surface area contributed by atoms with Crippen LogP contribution < -0.4 is 22.3 Å². The Morgan fingerprint density at radius 1 is 1.35 bits per heavy atom. The molecule has 0 bridgehead atoms. The van der Waals surface area contributed by atoms with Crippen LogP contribution in [0.15, 0.2) is 24.3 Å². The summed E-state index contributed by atoms with van der Waals surface area (Å²) in [5, 5.41) is 8.83. The summed E-state index contributed by atoms with van der Waals surface area (Å²) in [5.74, 6) is -1.88. The van der Waals surface area contributed by atoms with Gasteiger partial charge in [-0.05, 0) is 12.1 Å². The van der Waals surface area contributed by atoms with Crippen molar-refractivity contribution in [3.8, 4) is 0 Å². The number of amides is 1. The number of hydrogen-bond acceptors (Lipinski definition) is 5. The zero-order valence-electron chi connectivity index (χ0n) is 9.01. The minimum atomic E-state index is -1.18. The maximum absolute atomic E-state index is 10.8. The Hall–Kier alpha value is -2.28. The van der Waals surface area contributed by atoms with Crippen molar-refractivity contribution < 1.29 is 14.7 Å². The van der Waals surface area contributed by atoms with Crippen LogP contribution in [0.1, 0.15) is 6.42 Å². The second-order valence-electron chi connectivity index (χ2n) is 3.42. The molecule has 0 fully saturated rings. The molecule has 0 unspecified atom stereocenters. The van der Waals surface area contributed by atoms with Crippen molar-refractivity contribution in [1.82, 2.24) is 5.43 Å². The Morgan fingerprint density at radius 3 is 2.53 bits per heavy atom. The van der Waals surface area contributed by atoms with E-state index in [9.17, 15) is 9.59 Å². The van der Waals surface area contributed by atoms with Crippen LogP contribution in [0.25, 0.3) is 0 Å². The quantitative estimate of drug-likeness (QED) is 0.336. The first-order valence-electron chi connectivity index (χ1n) is 4.88. The highest BCUT2D eigenvalue weighted by atomic mass is 16.4. The van der Waals surface area contributed by atoms with Crippen molar-refractivity contribution in [1.29, 1.82) is 0 Å². The molecule has 0 spiro atoms. The van der Waals surface area contributed by atoms with Gasteiger partial charge in [-0.1, -0.05) is 12.1 Å². The van der Waals surface area contributed by atoms with E-state index in [1.54, 1.807) is 24.3 Å². The van der Waals surface area contributed by atoms with Crippen LogP contribution >= 0.6 is 0 Å². The highest BCUT2D eigenvalue weighted by molar-refractivity contribution is 5.83. The van der Waals surface area contributed by atoms with Crippen molar-refractivity contribution in [2.75, 3.05) is 11.2 Å². The van der Waals surface area contributed by atoms with Crippen LogP contribution in [0.3, 0.4) is 0 Å². The maximum atomic E-state index is 10.8. The van der Waals surface area contributed by atoms with Gasteiger partial charge in [-0.25, -0.2) is 5.43 Å². The third-order valence-electron chi connectivity index (χ3n) is 2.05. The number of nitrogen functional groups attached to an aromatic ring is 1. The van der Waals surface area contributed by atoms with Gasteiger partial charge in [-0.2, -0.15) is 0 Å². The van der Waals surface area contributed by atoms with E-state index in [-0.39, 0.29) is 6.42 Å². The summed E-state index contributed by atoms with van der Waals surface area (Å²) >= 11 is 0. The molecule has 0 heterocycles. The topological polar surface area (TPSA) is 130 Å². The Bertz CT molecular complexity index is 422. The van der Waals surface area contributed by atoms with E-state index < -0.39 is 17.9 Å². The molecule has 0 aliphatic carbocycles. The molecule has 7 heteroatoms. The van der Waals surface area contributed by atoms with Crippen LogP contribution in [-0.2, 0) is 9.59 Å². The van der Waals surface area contributed by atoms with E-state index in [1.807, 2.05) is 0 Å². The first-order chi connectivity index (χ1) is 8.00. The molecule has 0 radical (unpaired) electrons. The van der Waals surface area contributed by atoms with E-state index in [1.165, 1.54) is 0 Å². The fraction of sp³-hybridized carbons (Fsp3) is 0.200. The molecule has 1 rings (SSSR count). The summed E-state index contributed by atoms with van der Waals surface area (Å²) in [6.45, 7) is 0. The van der Waals surface area contributed by atoms with Gasteiger partial charge in [0.05, 0.1) is 17.8 Å². The van der Waals surface area contributed by atoms with Crippen molar-refractivity contribution in [3.63, 3.8) is 0 Å². The third kappa shape index (κ3) is 3.99. The summed E-state index contributed by atoms with van der Waals surface area (Å²) in [4.78, 5) is 21.5. The molecule has 1 aromatic carbocycles. The molecule has 1 amide bonds. The Kier molecular flexibility index (Phi) is 4.29. The van der Waals surface area contributed by atoms with Gasteiger partial charge in [0.25, 0.3) is 0 Å². The lowest BCUT2D eigenvalue weighted by Crippen LogP contribution is -2.43. The molecule has 0 aliphatic heterocycles. The minimum Gasteiger partial charge on any atom is -0.480 e. The Labute approximate surface area is 97.8 Å². The number of nitrogens with two attached hydrogens (primary N) is 2. The Morgan fingerprint density at radius 2 is 2.00 bits per heavy atom. The van der Waals surface area contributed by atoms with E-state index in [0.29, 0.717) is 11.4 Å². The van der Waals surface area contributed by atoms with E-state index in [0.717, 1.165) is 0 Å². The summed E-state index contributed by atoms with van der Waals surface area (Å²) in [7, 11) is 0. The summed E-state index contributed by atoms with van der Waals surface area (Å²) in [6.07, 6.45) is -0.310. The molecular weight excluding hydrogens is 224 g/mol. The van der Waals surface area contributed by atoms with Crippen molar-refractivity contribution in [3.05, 3.63) is 24.3 Å². The number of carbonyl (C=O) groups is 2. The number of hydrazine groups is 1. The van der Waals surface area contributed by atoms with Gasteiger partial charge < -0.3 is 22.0 Å². The fourth-order valence-electron chi connectivity index (χ4n) is 1.18. The number of para-hydroxylation sites is 2. The molecule has 7 N–H and O–H groups in total. The highest BCUT2D eigenvalue weighted by Crippen LogP contribution is 2.15. The number of carboxylic acid groups (broad SMARTS) is 1. The van der Waals surface area contributed by atoms with Crippen LogP contribution in [0.2, 0.25) is 0 Å². The number of nitrogens with one attached hydrogen (secondary N) is 2. The van der Waals surface area contributed by atoms with E-state index >= 15 is 0 Å². The standard InChI is InChI=1S/C10H14N4O3/c11-6-3-1-2-4-7(6)13-14-8(10(16)17)5-9(12)15/h1-4,8,13-14H,5,11H2,(H2,12,15)(H,16,17)/t8-/m0/s1. The number of hydrogen-bond donors (Lipinski definition) is 5. The lowest BCUT2D eigenvalue weighted by atomic mass is 10.2. The van der Waals surface area contributed by atoms with Crippen molar-refractivity contribution >= 4 is 23.3 Å². The van der Waals surface area contributed by atoms with Crippen LogP contribution in [-0.4, -0.2) is 23.0 Å². The summed E-state index contributed by atoms with van der Waals surface area (Å²) in [6, 6.07) is 5.72. The zero-order valence-corrected chi connectivity index (χ0v) is 9.01. The SMILES string of the molecule is NC(=O)C[C@H](NNc1ccccc1N)C(=O)O. The normalized spacial score (nSPS) is 11.8. The average Bonchev–Trinajstić information content (AvgIpc) is 2.25. The third-order valence-corrected chi connectivity index (χ3v) is 2.05. The van der Waals surface area contributed by atoms with E-state index in [4.69, 9.17) is 16.6 Å². The monoisotopic (exact) mass is 238 g/mol. The van der Waals surface area contributed by atoms with E-state index in [2.05, 4.69) is 10.9 Å². The average molecular weight is 238 g/mol. The minimum absolute atomic E-state index is 0.310. The van der Waals surface area contributed by atoms with Gasteiger partial charge in [-0.15, -0.1) is 0 Å². The zero-order chi connectivity index (χ0) is 12.8. The molecule has 0 aromatic heterocycles. The summed E-state index contributed by atoms with van der Waals surface area (Å²) < 4.78 is 0. The van der Waals surface area contributed by atoms with Gasteiger partial charge in [0.15, 0.2) is 0 Å². The molecule has 0 saturated heterocycles. The number of carbonyl (C=O) groups excluding carboxylic acids is 1. The van der Waals surface area contributed by atoms with Crippen molar-refractivity contribution in [2.45, 2.75) is 12.5 Å². The van der Waals surface area contributed by atoms with Gasteiger partial charge in [-0.3, -0.25) is 9.59 Å². The number of aliphatic carboxylic acids is 1. The first kappa shape index (κ1) is 12.8. The fourth-order valence-corrected chi connectivity index (χ4v) is 1.18. The van der Waals surface area contributed by atoms with Crippen LogP contribution in [0.4, 0.5) is 11.4 Å². The molecule has 17 heavy (non-hydrogen) atoms. The number of anilines is 2. The molecule has 92 valence electrons. The first-order valence-corrected chi connectivity index (χ1v) is 4.88. The smallest absolute Gasteiger partial charge is 0.323 e. The number of primary amides is 1. The van der Waals surface area contributed by atoms with Gasteiger partial charge in [0, 0.05) is 0 Å². The number of benzene rings is 1. The maximum Gasteiger partial charge on any atom is 0.323 e. The van der Waals surface area contributed by atoms with Crippen LogP contribution in [0.5, 0.6) is 0 Å². The van der Waals surface area contributed by atoms with Crippen molar-refractivity contribution in [2.24, 2.45) is 5.73 Å². The molecule has 0 saturated carbocycles. The number of carboxylic acids is 1. The number of rotatable bonds is 6. The molecule has 0 aliphatic rings. The predicted octanol–water partition coefficient (Wildman–Crippen LogP) is -0.486. The molecule has 1 aromatic rings. The summed E-state index contributed by atoms with van der Waals surface area (Å²) in [5.41, 5.74) is 16.7. The van der Waals surface area contributed by atoms with Crippen LogP contribution in [0, 0.1) is 0 Å².